The molecule has 6 nitrogen and oxygen atoms in total. The monoisotopic (exact) mass is 253 g/mol. The fourth-order valence-electron chi connectivity index (χ4n) is 1.53. The van der Waals surface area contributed by atoms with E-state index >= 15 is 0 Å². The Morgan fingerprint density at radius 2 is 1.56 bits per heavy atom. The number of ether oxygens (including phenoxy) is 3. The summed E-state index contributed by atoms with van der Waals surface area (Å²) in [5, 5.41) is 27.7. The lowest BCUT2D eigenvalue weighted by Gasteiger charge is -2.17. The minimum Gasteiger partial charge on any atom is -0.493 e. The molecule has 18 heavy (non-hydrogen) atoms. The molecule has 0 heterocycles. The fourth-order valence-corrected chi connectivity index (χ4v) is 1.53. The third kappa shape index (κ3) is 2.64. The third-order valence-electron chi connectivity index (χ3n) is 2.46. The second kappa shape index (κ2) is 6.10. The highest BCUT2D eigenvalue weighted by molar-refractivity contribution is 5.54. The number of aliphatic hydroxyl groups is 2. The molecule has 98 valence electrons. The van der Waals surface area contributed by atoms with E-state index in [0.29, 0.717) is 22.8 Å². The molecule has 2 N–H and O–H groups in total. The molecule has 0 radical (unpaired) electrons. The lowest BCUT2D eigenvalue weighted by molar-refractivity contribution is 0.0524. The zero-order valence-corrected chi connectivity index (χ0v) is 10.4. The van der Waals surface area contributed by atoms with Gasteiger partial charge in [0.1, 0.15) is 6.10 Å². The summed E-state index contributed by atoms with van der Waals surface area (Å²) in [7, 11) is 4.34. The minimum absolute atomic E-state index is 0.304. The van der Waals surface area contributed by atoms with E-state index in [-0.39, 0.29) is 0 Å². The second-order valence-corrected chi connectivity index (χ2v) is 3.48. The summed E-state index contributed by atoms with van der Waals surface area (Å²) in [4.78, 5) is 0. The molecule has 2 atom stereocenters. The molecule has 0 saturated heterocycles. The first-order valence-corrected chi connectivity index (χ1v) is 5.14. The van der Waals surface area contributed by atoms with Crippen molar-refractivity contribution in [2.45, 2.75) is 12.2 Å². The van der Waals surface area contributed by atoms with Crippen molar-refractivity contribution in [3.05, 3.63) is 17.7 Å². The Bertz CT molecular complexity index is 429. The number of aliphatic hydroxyl groups excluding tert-OH is 2. The van der Waals surface area contributed by atoms with Crippen molar-refractivity contribution in [3.63, 3.8) is 0 Å². The summed E-state index contributed by atoms with van der Waals surface area (Å²) in [5.41, 5.74) is 0.304. The number of nitriles is 1. The number of hydrogen-bond donors (Lipinski definition) is 2. The lowest BCUT2D eigenvalue weighted by Crippen LogP contribution is -2.16. The van der Waals surface area contributed by atoms with Gasteiger partial charge < -0.3 is 24.4 Å². The van der Waals surface area contributed by atoms with Gasteiger partial charge in [-0.3, -0.25) is 0 Å². The Kier molecular flexibility index (Phi) is 4.77. The Morgan fingerprint density at radius 1 is 1.06 bits per heavy atom. The quantitative estimate of drug-likeness (QED) is 0.748. The Labute approximate surface area is 105 Å². The molecule has 0 saturated carbocycles. The molecule has 1 aromatic carbocycles. The SMILES string of the molecule is COc1cc(C(O)C(O)C#N)cc(OC)c1OC. The van der Waals surface area contributed by atoms with Crippen molar-refractivity contribution >= 4 is 0 Å². The highest BCUT2D eigenvalue weighted by Crippen LogP contribution is 2.40. The molecule has 0 aliphatic rings. The number of methoxy groups -OCH3 is 3. The zero-order chi connectivity index (χ0) is 13.7. The van der Waals surface area contributed by atoms with Gasteiger partial charge in [0.2, 0.25) is 5.75 Å². The van der Waals surface area contributed by atoms with Crippen LogP contribution in [0.4, 0.5) is 0 Å². The van der Waals surface area contributed by atoms with Gasteiger partial charge >= 0.3 is 0 Å². The third-order valence-corrected chi connectivity index (χ3v) is 2.46. The molecule has 0 spiro atoms. The maximum Gasteiger partial charge on any atom is 0.203 e. The van der Waals surface area contributed by atoms with Gasteiger partial charge in [-0.2, -0.15) is 5.26 Å². The van der Waals surface area contributed by atoms with E-state index in [1.165, 1.54) is 33.5 Å². The number of nitrogens with zero attached hydrogens (tertiary/aromatic N) is 1. The minimum atomic E-state index is -1.52. The van der Waals surface area contributed by atoms with Gasteiger partial charge in [0.15, 0.2) is 17.6 Å². The predicted molar refractivity (Wildman–Crippen MR) is 62.7 cm³/mol. The Hall–Kier alpha value is -1.97. The molecule has 0 aliphatic heterocycles. The average molecular weight is 253 g/mol. The molecule has 0 aromatic heterocycles. The van der Waals surface area contributed by atoms with Crippen molar-refractivity contribution in [3.8, 4) is 23.3 Å². The first kappa shape index (κ1) is 14.1. The molecule has 2 unspecified atom stereocenters. The predicted octanol–water partition coefficient (Wildman–Crippen LogP) is 0.630. The van der Waals surface area contributed by atoms with E-state index in [4.69, 9.17) is 19.5 Å². The van der Waals surface area contributed by atoms with E-state index in [1.54, 1.807) is 6.07 Å². The first-order valence-electron chi connectivity index (χ1n) is 5.14. The van der Waals surface area contributed by atoms with Crippen molar-refractivity contribution in [1.82, 2.24) is 0 Å². The average Bonchev–Trinajstić information content (AvgIpc) is 2.43. The van der Waals surface area contributed by atoms with Crippen LogP contribution in [0, 0.1) is 11.3 Å². The normalized spacial score (nSPS) is 13.3. The van der Waals surface area contributed by atoms with Crippen LogP contribution in [-0.2, 0) is 0 Å². The molecule has 6 heteroatoms. The van der Waals surface area contributed by atoms with Crippen LogP contribution in [0.25, 0.3) is 0 Å². The van der Waals surface area contributed by atoms with Crippen molar-refractivity contribution in [2.75, 3.05) is 21.3 Å². The van der Waals surface area contributed by atoms with Crippen LogP contribution in [-0.4, -0.2) is 37.6 Å². The van der Waals surface area contributed by atoms with E-state index < -0.39 is 12.2 Å². The maximum absolute atomic E-state index is 9.77. The summed E-state index contributed by atoms with van der Waals surface area (Å²) < 4.78 is 15.3. The van der Waals surface area contributed by atoms with Crippen LogP contribution >= 0.6 is 0 Å². The molecular formula is C12H15NO5. The fraction of sp³-hybridized carbons (Fsp3) is 0.417. The van der Waals surface area contributed by atoms with Gasteiger partial charge in [-0.1, -0.05) is 0 Å². The number of rotatable bonds is 5. The largest absolute Gasteiger partial charge is 0.493 e. The van der Waals surface area contributed by atoms with Crippen LogP contribution in [0.15, 0.2) is 12.1 Å². The number of benzene rings is 1. The standard InChI is InChI=1S/C12H15NO5/c1-16-9-4-7(11(15)8(14)6-13)5-10(17-2)12(9)18-3/h4-5,8,11,14-15H,1-3H3. The van der Waals surface area contributed by atoms with Crippen molar-refractivity contribution in [2.24, 2.45) is 0 Å². The molecule has 0 aliphatic carbocycles. The Morgan fingerprint density at radius 3 is 1.89 bits per heavy atom. The maximum atomic E-state index is 9.77. The summed E-state index contributed by atoms with van der Waals surface area (Å²) in [6.45, 7) is 0. The molecule has 0 bridgehead atoms. The van der Waals surface area contributed by atoms with E-state index in [0.717, 1.165) is 0 Å². The van der Waals surface area contributed by atoms with Gasteiger partial charge in [0.25, 0.3) is 0 Å². The van der Waals surface area contributed by atoms with Crippen molar-refractivity contribution < 1.29 is 24.4 Å². The van der Waals surface area contributed by atoms with Gasteiger partial charge in [-0.05, 0) is 17.7 Å². The van der Waals surface area contributed by atoms with E-state index in [1.807, 2.05) is 0 Å². The van der Waals surface area contributed by atoms with Gasteiger partial charge in [0, 0.05) is 0 Å². The second-order valence-electron chi connectivity index (χ2n) is 3.48. The van der Waals surface area contributed by atoms with E-state index in [9.17, 15) is 10.2 Å². The summed E-state index contributed by atoms with van der Waals surface area (Å²) in [6.07, 6.45) is -2.86. The molecule has 0 fully saturated rings. The van der Waals surface area contributed by atoms with Crippen LogP contribution in [0.1, 0.15) is 11.7 Å². The van der Waals surface area contributed by atoms with Crippen LogP contribution in [0.3, 0.4) is 0 Å². The smallest absolute Gasteiger partial charge is 0.203 e. The van der Waals surface area contributed by atoms with Crippen LogP contribution in [0.5, 0.6) is 17.2 Å². The van der Waals surface area contributed by atoms with Gasteiger partial charge in [-0.15, -0.1) is 0 Å². The van der Waals surface area contributed by atoms with Crippen molar-refractivity contribution in [1.29, 1.82) is 5.26 Å². The first-order chi connectivity index (χ1) is 8.58. The summed E-state index contributed by atoms with van der Waals surface area (Å²) in [6, 6.07) is 4.52. The Balaban J connectivity index is 3.28. The molecule has 0 amide bonds. The topological polar surface area (TPSA) is 91.9 Å². The zero-order valence-electron chi connectivity index (χ0n) is 10.4. The van der Waals surface area contributed by atoms with Crippen LogP contribution in [0.2, 0.25) is 0 Å². The molecular weight excluding hydrogens is 238 g/mol. The molecule has 1 rings (SSSR count). The van der Waals surface area contributed by atoms with E-state index in [2.05, 4.69) is 0 Å². The summed E-state index contributed by atoms with van der Waals surface area (Å²) >= 11 is 0. The van der Waals surface area contributed by atoms with Gasteiger partial charge in [0.05, 0.1) is 27.4 Å². The van der Waals surface area contributed by atoms with Gasteiger partial charge in [-0.25, -0.2) is 0 Å². The lowest BCUT2D eigenvalue weighted by atomic mass is 10.0. The van der Waals surface area contributed by atoms with Crippen LogP contribution < -0.4 is 14.2 Å². The highest BCUT2D eigenvalue weighted by atomic mass is 16.5. The molecule has 1 aromatic rings. The highest BCUT2D eigenvalue weighted by Gasteiger charge is 2.22. The summed E-state index contributed by atoms with van der Waals surface area (Å²) in [5.74, 6) is 1.06. The number of hydrogen-bond acceptors (Lipinski definition) is 6.